The number of nitrogens with two attached hydrogens (primary N) is 1. The summed E-state index contributed by atoms with van der Waals surface area (Å²) in [5.74, 6) is -1.61. The third kappa shape index (κ3) is 3.79. The lowest BCUT2D eigenvalue weighted by Gasteiger charge is -2.25. The number of hydrogen-bond acceptors (Lipinski definition) is 4. The second-order valence-corrected chi connectivity index (χ2v) is 4.21. The minimum absolute atomic E-state index is 0.0965. The van der Waals surface area contributed by atoms with Crippen LogP contribution >= 0.6 is 0 Å². The van der Waals surface area contributed by atoms with Crippen molar-refractivity contribution in [1.82, 2.24) is 5.32 Å². The van der Waals surface area contributed by atoms with Crippen molar-refractivity contribution < 1.29 is 19.8 Å². The monoisotopic (exact) mass is 230 g/mol. The SMILES string of the molecule is NC1CCC(C(=O)NCC(O)C(=O)O)CC1. The third-order valence-electron chi connectivity index (χ3n) is 2.90. The first-order chi connectivity index (χ1) is 7.50. The van der Waals surface area contributed by atoms with Crippen molar-refractivity contribution in [2.45, 2.75) is 37.8 Å². The van der Waals surface area contributed by atoms with Crippen LogP contribution in [0.15, 0.2) is 0 Å². The molecule has 5 N–H and O–H groups in total. The number of aliphatic carboxylic acids is 1. The minimum Gasteiger partial charge on any atom is -0.479 e. The number of carbonyl (C=O) groups is 2. The molecule has 0 heterocycles. The molecule has 92 valence electrons. The molecule has 16 heavy (non-hydrogen) atoms. The van der Waals surface area contributed by atoms with Gasteiger partial charge in [-0.1, -0.05) is 0 Å². The van der Waals surface area contributed by atoms with E-state index in [1.807, 2.05) is 0 Å². The highest BCUT2D eigenvalue weighted by Gasteiger charge is 2.25. The normalized spacial score (nSPS) is 27.1. The van der Waals surface area contributed by atoms with Gasteiger partial charge in [0, 0.05) is 12.0 Å². The average molecular weight is 230 g/mol. The predicted octanol–water partition coefficient (Wildman–Crippen LogP) is -0.934. The van der Waals surface area contributed by atoms with E-state index in [9.17, 15) is 9.59 Å². The Morgan fingerprint density at radius 3 is 2.38 bits per heavy atom. The molecule has 0 aromatic carbocycles. The van der Waals surface area contributed by atoms with Crippen molar-refractivity contribution in [3.8, 4) is 0 Å². The van der Waals surface area contributed by atoms with Gasteiger partial charge in [-0.05, 0) is 25.7 Å². The van der Waals surface area contributed by atoms with Crippen LogP contribution in [0.3, 0.4) is 0 Å². The van der Waals surface area contributed by atoms with Crippen LogP contribution in [0, 0.1) is 5.92 Å². The van der Waals surface area contributed by atoms with E-state index < -0.39 is 12.1 Å². The number of hydrogen-bond donors (Lipinski definition) is 4. The number of aliphatic hydroxyl groups excluding tert-OH is 1. The number of amides is 1. The highest BCUT2D eigenvalue weighted by atomic mass is 16.4. The lowest BCUT2D eigenvalue weighted by Crippen LogP contribution is -2.41. The number of nitrogens with one attached hydrogen (secondary N) is 1. The van der Waals surface area contributed by atoms with Crippen LogP contribution in [-0.2, 0) is 9.59 Å². The fourth-order valence-corrected chi connectivity index (χ4v) is 1.81. The van der Waals surface area contributed by atoms with Crippen LogP contribution in [0.2, 0.25) is 0 Å². The molecule has 0 radical (unpaired) electrons. The summed E-state index contributed by atoms with van der Waals surface area (Å²) >= 11 is 0. The van der Waals surface area contributed by atoms with Crippen LogP contribution in [0.25, 0.3) is 0 Å². The Morgan fingerprint density at radius 1 is 1.31 bits per heavy atom. The van der Waals surface area contributed by atoms with Gasteiger partial charge in [0.05, 0.1) is 6.54 Å². The van der Waals surface area contributed by atoms with Crippen molar-refractivity contribution in [3.05, 3.63) is 0 Å². The number of carboxylic acid groups (broad SMARTS) is 1. The molecule has 1 atom stereocenters. The number of carbonyl (C=O) groups excluding carboxylic acids is 1. The maximum absolute atomic E-state index is 11.6. The minimum atomic E-state index is -1.53. The van der Waals surface area contributed by atoms with E-state index in [4.69, 9.17) is 15.9 Å². The maximum Gasteiger partial charge on any atom is 0.334 e. The van der Waals surface area contributed by atoms with Gasteiger partial charge in [-0.25, -0.2) is 4.79 Å². The highest BCUT2D eigenvalue weighted by Crippen LogP contribution is 2.22. The number of aliphatic hydroxyl groups is 1. The molecule has 0 spiro atoms. The van der Waals surface area contributed by atoms with E-state index in [1.165, 1.54) is 0 Å². The standard InChI is InChI=1S/C10H18N2O4/c11-7-3-1-6(2-4-7)9(14)12-5-8(13)10(15)16/h6-8,13H,1-5,11H2,(H,12,14)(H,15,16). The summed E-state index contributed by atoms with van der Waals surface area (Å²) in [6.45, 7) is -0.239. The van der Waals surface area contributed by atoms with Crippen LogP contribution < -0.4 is 11.1 Å². The zero-order valence-electron chi connectivity index (χ0n) is 9.06. The summed E-state index contributed by atoms with van der Waals surface area (Å²) < 4.78 is 0. The summed E-state index contributed by atoms with van der Waals surface area (Å²) in [6.07, 6.45) is 1.57. The highest BCUT2D eigenvalue weighted by molar-refractivity contribution is 5.80. The Labute approximate surface area is 93.8 Å². The summed E-state index contributed by atoms with van der Waals surface area (Å²) in [5.41, 5.74) is 5.71. The average Bonchev–Trinajstić information content (AvgIpc) is 2.26. The Kier molecular flexibility index (Phi) is 4.70. The van der Waals surface area contributed by atoms with Crippen LogP contribution in [0.1, 0.15) is 25.7 Å². The molecule has 1 amide bonds. The second kappa shape index (κ2) is 5.81. The zero-order valence-corrected chi connectivity index (χ0v) is 9.06. The maximum atomic E-state index is 11.6. The van der Waals surface area contributed by atoms with E-state index in [0.717, 1.165) is 25.7 Å². The van der Waals surface area contributed by atoms with Gasteiger partial charge in [-0.2, -0.15) is 0 Å². The molecule has 0 bridgehead atoms. The fraction of sp³-hybridized carbons (Fsp3) is 0.800. The van der Waals surface area contributed by atoms with Crippen molar-refractivity contribution in [2.75, 3.05) is 6.54 Å². The van der Waals surface area contributed by atoms with Crippen LogP contribution in [0.5, 0.6) is 0 Å². The lowest BCUT2D eigenvalue weighted by atomic mass is 9.86. The van der Waals surface area contributed by atoms with Gasteiger partial charge in [0.15, 0.2) is 6.10 Å². The molecule has 1 aliphatic rings. The summed E-state index contributed by atoms with van der Waals surface area (Å²) in [5, 5.41) is 19.8. The topological polar surface area (TPSA) is 113 Å². The number of carboxylic acids is 1. The lowest BCUT2D eigenvalue weighted by molar-refractivity contribution is -0.146. The molecule has 0 aliphatic heterocycles. The van der Waals surface area contributed by atoms with Crippen LogP contribution in [-0.4, -0.2) is 40.8 Å². The summed E-state index contributed by atoms with van der Waals surface area (Å²) in [4.78, 5) is 21.9. The van der Waals surface area contributed by atoms with Crippen molar-refractivity contribution in [2.24, 2.45) is 11.7 Å². The Hall–Kier alpha value is -1.14. The van der Waals surface area contributed by atoms with Gasteiger partial charge in [-0.15, -0.1) is 0 Å². The number of rotatable bonds is 4. The van der Waals surface area contributed by atoms with E-state index in [-0.39, 0.29) is 24.4 Å². The molecule has 1 fully saturated rings. The Bertz CT molecular complexity index is 262. The van der Waals surface area contributed by atoms with E-state index in [2.05, 4.69) is 5.32 Å². The predicted molar refractivity (Wildman–Crippen MR) is 56.6 cm³/mol. The molecule has 1 saturated carbocycles. The van der Waals surface area contributed by atoms with Crippen LogP contribution in [0.4, 0.5) is 0 Å². The molecule has 1 rings (SSSR count). The van der Waals surface area contributed by atoms with Crippen molar-refractivity contribution in [1.29, 1.82) is 0 Å². The van der Waals surface area contributed by atoms with Gasteiger partial charge in [-0.3, -0.25) is 4.79 Å². The van der Waals surface area contributed by atoms with Gasteiger partial charge in [0.1, 0.15) is 0 Å². The molecule has 0 saturated heterocycles. The van der Waals surface area contributed by atoms with E-state index in [0.29, 0.717) is 0 Å². The summed E-state index contributed by atoms with van der Waals surface area (Å²) in [7, 11) is 0. The van der Waals surface area contributed by atoms with E-state index in [1.54, 1.807) is 0 Å². The van der Waals surface area contributed by atoms with Gasteiger partial charge in [0.25, 0.3) is 0 Å². The Morgan fingerprint density at radius 2 is 1.88 bits per heavy atom. The molecule has 6 nitrogen and oxygen atoms in total. The van der Waals surface area contributed by atoms with Gasteiger partial charge < -0.3 is 21.3 Å². The fourth-order valence-electron chi connectivity index (χ4n) is 1.81. The first-order valence-corrected chi connectivity index (χ1v) is 5.45. The molecular formula is C10H18N2O4. The molecule has 0 aromatic rings. The van der Waals surface area contributed by atoms with E-state index >= 15 is 0 Å². The quantitative estimate of drug-likeness (QED) is 0.498. The molecular weight excluding hydrogens is 212 g/mol. The Balaban J connectivity index is 2.27. The first kappa shape index (κ1) is 12.9. The first-order valence-electron chi connectivity index (χ1n) is 5.45. The van der Waals surface area contributed by atoms with Gasteiger partial charge in [0.2, 0.25) is 5.91 Å². The van der Waals surface area contributed by atoms with Gasteiger partial charge >= 0.3 is 5.97 Å². The van der Waals surface area contributed by atoms with Crippen molar-refractivity contribution in [3.63, 3.8) is 0 Å². The second-order valence-electron chi connectivity index (χ2n) is 4.21. The largest absolute Gasteiger partial charge is 0.479 e. The third-order valence-corrected chi connectivity index (χ3v) is 2.90. The molecule has 1 unspecified atom stereocenters. The molecule has 0 aromatic heterocycles. The smallest absolute Gasteiger partial charge is 0.334 e. The molecule has 6 heteroatoms. The van der Waals surface area contributed by atoms with Crippen molar-refractivity contribution >= 4 is 11.9 Å². The summed E-state index contributed by atoms with van der Waals surface area (Å²) in [6, 6.07) is 0.175. The zero-order chi connectivity index (χ0) is 12.1. The molecule has 1 aliphatic carbocycles.